The van der Waals surface area contributed by atoms with Gasteiger partial charge in [0.2, 0.25) is 0 Å². The fourth-order valence-electron chi connectivity index (χ4n) is 2.47. The Morgan fingerprint density at radius 2 is 1.21 bits per heavy atom. The minimum atomic E-state index is -1.72. The smallest absolute Gasteiger partial charge is 0.305 e. The number of aliphatic hydroxyl groups excluding tert-OH is 3. The first-order valence-electron chi connectivity index (χ1n) is 10.00. The van der Waals surface area contributed by atoms with Crippen molar-refractivity contribution in [2.45, 2.75) is 43.1 Å². The molecule has 0 bridgehead atoms. The average molecular weight is 484 g/mol. The second kappa shape index (κ2) is 17.2. The molecule has 33 heavy (non-hydrogen) atoms. The third kappa shape index (κ3) is 14.5. The molecule has 192 valence electrons. The lowest BCUT2D eigenvalue weighted by atomic mass is 10.0. The van der Waals surface area contributed by atoms with E-state index in [4.69, 9.17) is 34.6 Å². The van der Waals surface area contributed by atoms with Gasteiger partial charge in [0.05, 0.1) is 71.0 Å². The molecule has 0 radical (unpaired) electrons. The molecule has 3 unspecified atom stereocenters. The fourth-order valence-corrected chi connectivity index (χ4v) is 2.47. The standard InChI is InChI=1S/C18H32N2O13/c21-8-13(22)17(29)12(20-30)7-19-18(9-31-4-1-14(23)24,10-32-5-2-15(25)26)11-33-6-3-16(27)28/h12-13,17,19,21-22,29H,1-11H2,(H,23,24)(H,25,26)(H,27,28). The zero-order valence-corrected chi connectivity index (χ0v) is 18.0. The van der Waals surface area contributed by atoms with E-state index in [9.17, 15) is 29.5 Å². The number of carbonyl (C=O) groups is 3. The third-order valence-corrected chi connectivity index (χ3v) is 4.31. The fraction of sp³-hybridized carbons (Fsp3) is 0.833. The zero-order chi connectivity index (χ0) is 25.3. The Bertz CT molecular complexity index is 549. The first-order valence-corrected chi connectivity index (χ1v) is 10.00. The number of carboxylic acids is 3. The molecule has 0 amide bonds. The van der Waals surface area contributed by atoms with Gasteiger partial charge in [0, 0.05) is 6.54 Å². The molecule has 0 aromatic heterocycles. The van der Waals surface area contributed by atoms with Crippen LogP contribution in [0.25, 0.3) is 0 Å². The maximum atomic E-state index is 11.2. The summed E-state index contributed by atoms with van der Waals surface area (Å²) in [7, 11) is 0. The summed E-state index contributed by atoms with van der Waals surface area (Å²) in [4.78, 5) is 43.3. The largest absolute Gasteiger partial charge is 0.481 e. The van der Waals surface area contributed by atoms with Crippen molar-refractivity contribution in [3.05, 3.63) is 4.91 Å². The number of nitroso groups, excluding NO2 is 1. The number of nitrogens with zero attached hydrogens (tertiary/aromatic N) is 1. The van der Waals surface area contributed by atoms with E-state index in [1.54, 1.807) is 0 Å². The van der Waals surface area contributed by atoms with Crippen molar-refractivity contribution in [2.75, 3.05) is 52.8 Å². The van der Waals surface area contributed by atoms with Gasteiger partial charge in [-0.05, 0) is 0 Å². The van der Waals surface area contributed by atoms with Crippen molar-refractivity contribution in [3.63, 3.8) is 0 Å². The summed E-state index contributed by atoms with van der Waals surface area (Å²) in [5.41, 5.74) is -1.33. The highest BCUT2D eigenvalue weighted by Crippen LogP contribution is 2.13. The lowest BCUT2D eigenvalue weighted by Crippen LogP contribution is -2.59. The van der Waals surface area contributed by atoms with E-state index >= 15 is 0 Å². The number of ether oxygens (including phenoxy) is 3. The molecule has 15 heteroatoms. The van der Waals surface area contributed by atoms with Crippen LogP contribution in [0.4, 0.5) is 0 Å². The van der Waals surface area contributed by atoms with E-state index in [-0.39, 0.29) is 65.4 Å². The number of carboxylic acid groups (broad SMARTS) is 3. The van der Waals surface area contributed by atoms with E-state index in [1.165, 1.54) is 0 Å². The van der Waals surface area contributed by atoms with E-state index in [0.29, 0.717) is 0 Å². The van der Waals surface area contributed by atoms with E-state index < -0.39 is 48.3 Å². The van der Waals surface area contributed by atoms with E-state index in [2.05, 4.69) is 10.5 Å². The first kappa shape index (κ1) is 30.7. The molecule has 0 aliphatic carbocycles. The van der Waals surface area contributed by atoms with Crippen LogP contribution in [0.3, 0.4) is 0 Å². The number of aliphatic carboxylic acids is 3. The van der Waals surface area contributed by atoms with Crippen molar-refractivity contribution in [1.82, 2.24) is 5.32 Å². The van der Waals surface area contributed by atoms with Gasteiger partial charge in [-0.15, -0.1) is 0 Å². The van der Waals surface area contributed by atoms with Gasteiger partial charge in [-0.25, -0.2) is 0 Å². The molecule has 0 aliphatic rings. The van der Waals surface area contributed by atoms with Crippen LogP contribution in [-0.2, 0) is 28.6 Å². The lowest BCUT2D eigenvalue weighted by molar-refractivity contribution is -0.139. The van der Waals surface area contributed by atoms with Crippen LogP contribution in [0.1, 0.15) is 19.3 Å². The molecule has 0 spiro atoms. The summed E-state index contributed by atoms with van der Waals surface area (Å²) < 4.78 is 16.1. The molecular formula is C18H32N2O13. The molecule has 0 saturated carbocycles. The summed E-state index contributed by atoms with van der Waals surface area (Å²) in [6, 6.07) is -1.43. The molecule has 7 N–H and O–H groups in total. The summed E-state index contributed by atoms with van der Waals surface area (Å²) in [6.45, 7) is -2.58. The van der Waals surface area contributed by atoms with Gasteiger partial charge in [-0.3, -0.25) is 14.4 Å². The highest BCUT2D eigenvalue weighted by molar-refractivity contribution is 5.67. The molecule has 0 saturated heterocycles. The van der Waals surface area contributed by atoms with Crippen LogP contribution < -0.4 is 5.32 Å². The number of hydrogen-bond acceptors (Lipinski definition) is 12. The summed E-state index contributed by atoms with van der Waals surface area (Å²) >= 11 is 0. The number of aliphatic hydroxyl groups is 3. The SMILES string of the molecule is O=NC(CNC(COCCC(=O)O)(COCCC(=O)O)COCCC(=O)O)C(O)C(O)CO. The number of nitrogens with one attached hydrogen (secondary N) is 1. The normalized spacial score (nSPS) is 14.4. The maximum absolute atomic E-state index is 11.2. The minimum absolute atomic E-state index is 0.204. The summed E-state index contributed by atoms with van der Waals surface area (Å²) in [5, 5.41) is 60.4. The van der Waals surface area contributed by atoms with Crippen molar-refractivity contribution < 1.29 is 59.2 Å². The molecular weight excluding hydrogens is 452 g/mol. The van der Waals surface area contributed by atoms with Crippen LogP contribution in [-0.4, -0.2) is 125 Å². The second-order valence-electron chi connectivity index (χ2n) is 7.16. The van der Waals surface area contributed by atoms with Crippen molar-refractivity contribution in [2.24, 2.45) is 5.18 Å². The van der Waals surface area contributed by atoms with Crippen molar-refractivity contribution >= 4 is 17.9 Å². The van der Waals surface area contributed by atoms with Gasteiger partial charge in [0.15, 0.2) is 0 Å². The average Bonchev–Trinajstić information content (AvgIpc) is 2.76. The van der Waals surface area contributed by atoms with Gasteiger partial charge in [0.1, 0.15) is 18.2 Å². The first-order chi connectivity index (χ1) is 15.6. The Labute approximate surface area is 189 Å². The van der Waals surface area contributed by atoms with Crippen molar-refractivity contribution in [3.8, 4) is 0 Å². The molecule has 15 nitrogen and oxygen atoms in total. The predicted octanol–water partition coefficient (Wildman–Crippen LogP) is -2.36. The highest BCUT2D eigenvalue weighted by atomic mass is 16.5. The van der Waals surface area contributed by atoms with Gasteiger partial charge in [-0.2, -0.15) is 4.91 Å². The van der Waals surface area contributed by atoms with Crippen LogP contribution in [0, 0.1) is 4.91 Å². The van der Waals surface area contributed by atoms with Gasteiger partial charge < -0.3 is 50.2 Å². The Hall–Kier alpha value is -2.27. The van der Waals surface area contributed by atoms with Crippen LogP contribution in [0.15, 0.2) is 5.18 Å². The van der Waals surface area contributed by atoms with Gasteiger partial charge >= 0.3 is 17.9 Å². The lowest BCUT2D eigenvalue weighted by Gasteiger charge is -2.35. The van der Waals surface area contributed by atoms with Crippen LogP contribution in [0.5, 0.6) is 0 Å². The molecule has 3 atom stereocenters. The topological polar surface area (TPSA) is 242 Å². The molecule has 0 rings (SSSR count). The Balaban J connectivity index is 5.42. The monoisotopic (exact) mass is 484 g/mol. The minimum Gasteiger partial charge on any atom is -0.481 e. The Kier molecular flexibility index (Phi) is 16.1. The molecule has 0 heterocycles. The molecule has 0 aromatic carbocycles. The quantitative estimate of drug-likeness (QED) is 0.0628. The maximum Gasteiger partial charge on any atom is 0.305 e. The van der Waals surface area contributed by atoms with Crippen molar-refractivity contribution in [1.29, 1.82) is 0 Å². The molecule has 0 aliphatic heterocycles. The second-order valence-corrected chi connectivity index (χ2v) is 7.16. The number of hydrogen-bond donors (Lipinski definition) is 7. The van der Waals surface area contributed by atoms with Crippen LogP contribution in [0.2, 0.25) is 0 Å². The third-order valence-electron chi connectivity index (χ3n) is 4.31. The summed E-state index contributed by atoms with van der Waals surface area (Å²) in [6.07, 6.45) is -4.33. The molecule has 0 fully saturated rings. The Morgan fingerprint density at radius 1 is 0.818 bits per heavy atom. The predicted molar refractivity (Wildman–Crippen MR) is 109 cm³/mol. The molecule has 0 aromatic rings. The zero-order valence-electron chi connectivity index (χ0n) is 18.0. The Morgan fingerprint density at radius 3 is 1.52 bits per heavy atom. The van der Waals surface area contributed by atoms with E-state index in [1.807, 2.05) is 0 Å². The number of rotatable bonds is 22. The highest BCUT2D eigenvalue weighted by Gasteiger charge is 2.35. The summed E-state index contributed by atoms with van der Waals surface area (Å²) in [5.74, 6) is -3.35. The van der Waals surface area contributed by atoms with Crippen LogP contribution >= 0.6 is 0 Å². The van der Waals surface area contributed by atoms with E-state index in [0.717, 1.165) is 0 Å². The van der Waals surface area contributed by atoms with Gasteiger partial charge in [0.25, 0.3) is 0 Å². The van der Waals surface area contributed by atoms with Gasteiger partial charge in [-0.1, -0.05) is 5.18 Å².